The number of hydrogen-bond acceptors (Lipinski definition) is 3. The largest absolute Gasteiger partial charge is 0.307 e. The maximum Gasteiger partial charge on any atom is 0.256 e. The molecule has 0 saturated heterocycles. The highest BCUT2D eigenvalue weighted by atomic mass is 16.6. The van der Waals surface area contributed by atoms with Crippen LogP contribution in [0.2, 0.25) is 0 Å². The minimum atomic E-state index is -0.175. The molecule has 1 aromatic carbocycles. The summed E-state index contributed by atoms with van der Waals surface area (Å²) in [5.74, 6) is 0.395. The highest BCUT2D eigenvalue weighted by Gasteiger charge is 2.08. The normalized spacial score (nSPS) is 10.3. The first-order valence-electron chi connectivity index (χ1n) is 6.31. The average molecular weight is 272 g/mol. The zero-order chi connectivity index (χ0) is 14.5. The van der Waals surface area contributed by atoms with Crippen LogP contribution in [0.4, 0.5) is 11.5 Å². The summed E-state index contributed by atoms with van der Waals surface area (Å²) in [6, 6.07) is 11.0. The molecule has 5 heteroatoms. The van der Waals surface area contributed by atoms with Crippen LogP contribution in [0.3, 0.4) is 0 Å². The van der Waals surface area contributed by atoms with Crippen LogP contribution in [-0.2, 0) is 4.84 Å². The fourth-order valence-corrected chi connectivity index (χ4v) is 1.94. The van der Waals surface area contributed by atoms with Crippen molar-refractivity contribution in [3.8, 4) is 0 Å². The van der Waals surface area contributed by atoms with Gasteiger partial charge in [0.25, 0.3) is 5.91 Å². The Morgan fingerprint density at radius 2 is 1.90 bits per heavy atom. The van der Waals surface area contributed by atoms with E-state index in [9.17, 15) is 4.79 Å². The molecule has 2 rings (SSSR count). The molecule has 0 aliphatic carbocycles. The Morgan fingerprint density at radius 3 is 2.50 bits per heavy atom. The SMILES string of the molecule is CO[NH2+]c1ccc(C(=O)Nc2cc(C)cc(C)n2)cc1. The van der Waals surface area contributed by atoms with Gasteiger partial charge in [-0.15, -0.1) is 0 Å². The van der Waals surface area contributed by atoms with Crippen molar-refractivity contribution in [3.05, 3.63) is 53.2 Å². The van der Waals surface area contributed by atoms with Gasteiger partial charge in [0.1, 0.15) is 5.82 Å². The van der Waals surface area contributed by atoms with Crippen molar-refractivity contribution in [2.45, 2.75) is 13.8 Å². The molecule has 0 spiro atoms. The van der Waals surface area contributed by atoms with Crippen LogP contribution in [0.5, 0.6) is 0 Å². The summed E-state index contributed by atoms with van der Waals surface area (Å²) in [6.45, 7) is 3.87. The van der Waals surface area contributed by atoms with E-state index in [0.717, 1.165) is 16.9 Å². The lowest BCUT2D eigenvalue weighted by Crippen LogP contribution is -2.75. The molecule has 20 heavy (non-hydrogen) atoms. The van der Waals surface area contributed by atoms with Gasteiger partial charge in [0.2, 0.25) is 0 Å². The van der Waals surface area contributed by atoms with E-state index in [2.05, 4.69) is 10.3 Å². The fraction of sp³-hybridized carbons (Fsp3) is 0.200. The molecule has 1 amide bonds. The third kappa shape index (κ3) is 3.63. The predicted molar refractivity (Wildman–Crippen MR) is 76.7 cm³/mol. The molecule has 0 unspecified atom stereocenters. The molecular formula is C15H18N3O2+. The summed E-state index contributed by atoms with van der Waals surface area (Å²) in [5, 5.41) is 2.80. The number of aromatic nitrogens is 1. The number of rotatable bonds is 4. The van der Waals surface area contributed by atoms with Crippen LogP contribution in [0.15, 0.2) is 36.4 Å². The van der Waals surface area contributed by atoms with Crippen molar-refractivity contribution < 1.29 is 15.1 Å². The van der Waals surface area contributed by atoms with Gasteiger partial charge in [-0.05, 0) is 43.7 Å². The van der Waals surface area contributed by atoms with Crippen LogP contribution in [0.25, 0.3) is 0 Å². The molecule has 1 aromatic heterocycles. The van der Waals surface area contributed by atoms with Crippen LogP contribution in [0.1, 0.15) is 21.6 Å². The number of nitrogens with zero attached hydrogens (tertiary/aromatic N) is 1. The second-order valence-corrected chi connectivity index (χ2v) is 4.60. The number of anilines is 1. The summed E-state index contributed by atoms with van der Waals surface area (Å²) >= 11 is 0. The standard InChI is InChI=1S/C15H17N3O2/c1-10-8-11(2)16-14(9-10)17-15(19)12-4-6-13(7-5-12)18-20-3/h4-9,18H,1-3H3,(H,16,17,19)/p+1. The van der Waals surface area contributed by atoms with E-state index in [1.165, 1.54) is 0 Å². The van der Waals surface area contributed by atoms with E-state index in [1.807, 2.05) is 38.1 Å². The van der Waals surface area contributed by atoms with Crippen molar-refractivity contribution in [2.75, 3.05) is 12.4 Å². The zero-order valence-electron chi connectivity index (χ0n) is 11.8. The highest BCUT2D eigenvalue weighted by molar-refractivity contribution is 6.03. The molecule has 0 atom stereocenters. The Labute approximate surface area is 117 Å². The molecule has 104 valence electrons. The number of amides is 1. The highest BCUT2D eigenvalue weighted by Crippen LogP contribution is 2.11. The number of carbonyl (C=O) groups is 1. The first-order chi connectivity index (χ1) is 9.58. The first-order valence-corrected chi connectivity index (χ1v) is 6.31. The Morgan fingerprint density at radius 1 is 1.20 bits per heavy atom. The van der Waals surface area contributed by atoms with Crippen LogP contribution in [-0.4, -0.2) is 18.0 Å². The second kappa shape index (κ2) is 6.27. The predicted octanol–water partition coefficient (Wildman–Crippen LogP) is 1.71. The monoisotopic (exact) mass is 272 g/mol. The molecular weight excluding hydrogens is 254 g/mol. The van der Waals surface area contributed by atoms with Crippen LogP contribution < -0.4 is 10.8 Å². The average Bonchev–Trinajstić information content (AvgIpc) is 2.38. The van der Waals surface area contributed by atoms with E-state index in [0.29, 0.717) is 11.4 Å². The minimum Gasteiger partial charge on any atom is -0.307 e. The molecule has 5 nitrogen and oxygen atoms in total. The topological polar surface area (TPSA) is 67.8 Å². The molecule has 0 saturated carbocycles. The van der Waals surface area contributed by atoms with Crippen molar-refractivity contribution in [1.82, 2.24) is 4.98 Å². The maximum absolute atomic E-state index is 12.1. The van der Waals surface area contributed by atoms with Crippen LogP contribution in [0, 0.1) is 13.8 Å². The van der Waals surface area contributed by atoms with Crippen molar-refractivity contribution >= 4 is 17.4 Å². The summed E-state index contributed by atoms with van der Waals surface area (Å²) in [7, 11) is 1.59. The van der Waals surface area contributed by atoms with E-state index >= 15 is 0 Å². The quantitative estimate of drug-likeness (QED) is 0.657. The summed E-state index contributed by atoms with van der Waals surface area (Å²) in [5.41, 5.74) is 5.06. The summed E-state index contributed by atoms with van der Waals surface area (Å²) in [4.78, 5) is 21.3. The van der Waals surface area contributed by atoms with Gasteiger partial charge in [0.15, 0.2) is 5.69 Å². The molecule has 0 radical (unpaired) electrons. The van der Waals surface area contributed by atoms with Crippen molar-refractivity contribution in [1.29, 1.82) is 0 Å². The molecule has 1 heterocycles. The number of benzene rings is 1. The molecule has 0 fully saturated rings. The fourth-order valence-electron chi connectivity index (χ4n) is 1.94. The number of pyridine rings is 1. The summed E-state index contributed by atoms with van der Waals surface area (Å²) < 4.78 is 0. The third-order valence-electron chi connectivity index (χ3n) is 2.77. The van der Waals surface area contributed by atoms with E-state index in [4.69, 9.17) is 4.84 Å². The van der Waals surface area contributed by atoms with Gasteiger partial charge in [-0.3, -0.25) is 4.79 Å². The van der Waals surface area contributed by atoms with Gasteiger partial charge in [-0.2, -0.15) is 5.48 Å². The van der Waals surface area contributed by atoms with E-state index in [-0.39, 0.29) is 5.91 Å². The lowest BCUT2D eigenvalue weighted by molar-refractivity contribution is -0.830. The number of hydrogen-bond donors (Lipinski definition) is 2. The third-order valence-corrected chi connectivity index (χ3v) is 2.77. The second-order valence-electron chi connectivity index (χ2n) is 4.60. The van der Waals surface area contributed by atoms with Crippen molar-refractivity contribution in [3.63, 3.8) is 0 Å². The number of quaternary nitrogens is 1. The van der Waals surface area contributed by atoms with Gasteiger partial charge in [0.05, 0.1) is 7.11 Å². The number of nitrogens with one attached hydrogen (secondary N) is 1. The molecule has 0 bridgehead atoms. The maximum atomic E-state index is 12.1. The van der Waals surface area contributed by atoms with Gasteiger partial charge >= 0.3 is 0 Å². The smallest absolute Gasteiger partial charge is 0.256 e. The van der Waals surface area contributed by atoms with E-state index in [1.54, 1.807) is 24.7 Å². The molecule has 0 aliphatic rings. The zero-order valence-corrected chi connectivity index (χ0v) is 11.8. The van der Waals surface area contributed by atoms with Crippen LogP contribution >= 0.6 is 0 Å². The van der Waals surface area contributed by atoms with Gasteiger partial charge in [-0.1, -0.05) is 0 Å². The number of carbonyl (C=O) groups excluding carboxylic acids is 1. The molecule has 2 aromatic rings. The van der Waals surface area contributed by atoms with Gasteiger partial charge in [-0.25, -0.2) is 9.82 Å². The lowest BCUT2D eigenvalue weighted by Gasteiger charge is -2.06. The van der Waals surface area contributed by atoms with Crippen molar-refractivity contribution in [2.24, 2.45) is 0 Å². The number of aryl methyl sites for hydroxylation is 2. The Hall–Kier alpha value is -2.24. The van der Waals surface area contributed by atoms with Gasteiger partial charge in [0, 0.05) is 23.4 Å². The lowest BCUT2D eigenvalue weighted by atomic mass is 10.2. The molecule has 0 aliphatic heterocycles. The first kappa shape index (κ1) is 14.2. The van der Waals surface area contributed by atoms with E-state index < -0.39 is 0 Å². The Balaban J connectivity index is 2.11. The Kier molecular flexibility index (Phi) is 4.45. The van der Waals surface area contributed by atoms with Gasteiger partial charge < -0.3 is 5.32 Å². The Bertz CT molecular complexity index is 589. The minimum absolute atomic E-state index is 0.175. The number of nitrogens with two attached hydrogens (primary N) is 1. The summed E-state index contributed by atoms with van der Waals surface area (Å²) in [6.07, 6.45) is 0. The molecule has 3 N–H and O–H groups in total.